The Labute approximate surface area is 108 Å². The van der Waals surface area contributed by atoms with E-state index in [2.05, 4.69) is 5.32 Å². The second kappa shape index (κ2) is 7.33. The molecule has 0 radical (unpaired) electrons. The van der Waals surface area contributed by atoms with E-state index in [9.17, 15) is 9.59 Å². The maximum absolute atomic E-state index is 12.0. The topological polar surface area (TPSA) is 84.7 Å². The van der Waals surface area contributed by atoms with E-state index >= 15 is 0 Å². The molecule has 0 aromatic carbocycles. The molecule has 6 nitrogen and oxygen atoms in total. The molecule has 104 valence electrons. The van der Waals surface area contributed by atoms with Crippen LogP contribution in [0.25, 0.3) is 0 Å². The number of amides is 2. The van der Waals surface area contributed by atoms with Crippen LogP contribution in [0.4, 0.5) is 0 Å². The van der Waals surface area contributed by atoms with E-state index in [1.54, 1.807) is 11.8 Å². The maximum Gasteiger partial charge on any atom is 0.245 e. The molecule has 3 N–H and O–H groups in total. The molecule has 1 aliphatic heterocycles. The summed E-state index contributed by atoms with van der Waals surface area (Å²) in [4.78, 5) is 25.5. The molecule has 6 heteroatoms. The fourth-order valence-electron chi connectivity index (χ4n) is 1.88. The van der Waals surface area contributed by atoms with E-state index in [1.165, 1.54) is 0 Å². The summed E-state index contributed by atoms with van der Waals surface area (Å²) in [7, 11) is 0. The monoisotopic (exact) mass is 257 g/mol. The number of hydrogen-bond acceptors (Lipinski definition) is 4. The average molecular weight is 257 g/mol. The van der Waals surface area contributed by atoms with Gasteiger partial charge in [0.05, 0.1) is 13.2 Å². The molecule has 0 bridgehead atoms. The number of morpholine rings is 1. The fourth-order valence-corrected chi connectivity index (χ4v) is 1.88. The first-order chi connectivity index (χ1) is 8.56. The minimum Gasteiger partial charge on any atom is -0.377 e. The average Bonchev–Trinajstić information content (AvgIpc) is 2.35. The van der Waals surface area contributed by atoms with Crippen LogP contribution in [0.15, 0.2) is 0 Å². The van der Waals surface area contributed by atoms with Gasteiger partial charge in [-0.1, -0.05) is 6.92 Å². The lowest BCUT2D eigenvalue weighted by molar-refractivity contribution is -0.148. The van der Waals surface area contributed by atoms with Crippen LogP contribution < -0.4 is 11.1 Å². The molecule has 1 rings (SSSR count). The zero-order valence-corrected chi connectivity index (χ0v) is 11.1. The smallest absolute Gasteiger partial charge is 0.245 e. The van der Waals surface area contributed by atoms with Crippen molar-refractivity contribution in [1.82, 2.24) is 10.2 Å². The van der Waals surface area contributed by atoms with Crippen LogP contribution in [0.3, 0.4) is 0 Å². The zero-order chi connectivity index (χ0) is 13.5. The van der Waals surface area contributed by atoms with E-state index in [4.69, 9.17) is 10.5 Å². The Morgan fingerprint density at radius 3 is 2.89 bits per heavy atom. The van der Waals surface area contributed by atoms with Crippen molar-refractivity contribution in [2.24, 2.45) is 5.73 Å². The van der Waals surface area contributed by atoms with Gasteiger partial charge in [-0.05, 0) is 13.3 Å². The molecule has 18 heavy (non-hydrogen) atoms. The van der Waals surface area contributed by atoms with E-state index in [1.807, 2.05) is 6.92 Å². The SMILES string of the molecule is CCCNC(=O)C1COCCN1C(=O)CC(C)N. The molecule has 0 saturated carbocycles. The summed E-state index contributed by atoms with van der Waals surface area (Å²) in [5.74, 6) is -0.223. The minimum absolute atomic E-state index is 0.0788. The lowest BCUT2D eigenvalue weighted by Crippen LogP contribution is -2.56. The Balaban J connectivity index is 2.61. The summed E-state index contributed by atoms with van der Waals surface area (Å²) >= 11 is 0. The van der Waals surface area contributed by atoms with Crippen LogP contribution in [0.2, 0.25) is 0 Å². The van der Waals surface area contributed by atoms with Gasteiger partial charge in [-0.2, -0.15) is 0 Å². The lowest BCUT2D eigenvalue weighted by Gasteiger charge is -2.35. The second-order valence-electron chi connectivity index (χ2n) is 4.65. The minimum atomic E-state index is -0.517. The van der Waals surface area contributed by atoms with Gasteiger partial charge in [0.25, 0.3) is 0 Å². The van der Waals surface area contributed by atoms with Crippen molar-refractivity contribution in [2.75, 3.05) is 26.3 Å². The van der Waals surface area contributed by atoms with Gasteiger partial charge in [-0.15, -0.1) is 0 Å². The van der Waals surface area contributed by atoms with Crippen molar-refractivity contribution in [2.45, 2.75) is 38.8 Å². The molecule has 1 aliphatic rings. The molecule has 0 aliphatic carbocycles. The Hall–Kier alpha value is -1.14. The summed E-state index contributed by atoms with van der Waals surface area (Å²) in [6.45, 7) is 5.57. The van der Waals surface area contributed by atoms with Crippen LogP contribution in [0, 0.1) is 0 Å². The van der Waals surface area contributed by atoms with Gasteiger partial charge < -0.3 is 20.7 Å². The highest BCUT2D eigenvalue weighted by molar-refractivity contribution is 5.88. The summed E-state index contributed by atoms with van der Waals surface area (Å²) in [6, 6.07) is -0.712. The standard InChI is InChI=1S/C12H23N3O3/c1-3-4-14-12(17)10-8-18-6-5-15(10)11(16)7-9(2)13/h9-10H,3-8,13H2,1-2H3,(H,14,17). The van der Waals surface area contributed by atoms with Crippen LogP contribution in [0.1, 0.15) is 26.7 Å². The highest BCUT2D eigenvalue weighted by Gasteiger charge is 2.32. The Morgan fingerprint density at radius 2 is 2.28 bits per heavy atom. The van der Waals surface area contributed by atoms with Crippen molar-refractivity contribution in [3.05, 3.63) is 0 Å². The molecule has 2 unspecified atom stereocenters. The maximum atomic E-state index is 12.0. The van der Waals surface area contributed by atoms with E-state index in [0.717, 1.165) is 6.42 Å². The number of carbonyl (C=O) groups is 2. The highest BCUT2D eigenvalue weighted by atomic mass is 16.5. The van der Waals surface area contributed by atoms with E-state index in [0.29, 0.717) is 19.7 Å². The van der Waals surface area contributed by atoms with Crippen LogP contribution >= 0.6 is 0 Å². The number of ether oxygens (including phenoxy) is 1. The molecule has 0 aromatic rings. The number of carbonyl (C=O) groups excluding carboxylic acids is 2. The summed E-state index contributed by atoms with van der Waals surface area (Å²) < 4.78 is 5.28. The first-order valence-electron chi connectivity index (χ1n) is 6.46. The molecule has 0 aromatic heterocycles. The van der Waals surface area contributed by atoms with Crippen LogP contribution in [0.5, 0.6) is 0 Å². The van der Waals surface area contributed by atoms with E-state index < -0.39 is 6.04 Å². The molecule has 2 atom stereocenters. The normalized spacial score (nSPS) is 21.5. The van der Waals surface area contributed by atoms with E-state index in [-0.39, 0.29) is 30.9 Å². The Morgan fingerprint density at radius 1 is 1.56 bits per heavy atom. The van der Waals surface area contributed by atoms with Gasteiger partial charge in [0.2, 0.25) is 11.8 Å². The molecule has 1 heterocycles. The molecule has 2 amide bonds. The van der Waals surface area contributed by atoms with Crippen LogP contribution in [-0.2, 0) is 14.3 Å². The predicted octanol–water partition coefficient (Wildman–Crippen LogP) is -0.523. The molecular formula is C12H23N3O3. The molecular weight excluding hydrogens is 234 g/mol. The first-order valence-corrected chi connectivity index (χ1v) is 6.46. The first kappa shape index (κ1) is 14.9. The predicted molar refractivity (Wildman–Crippen MR) is 67.9 cm³/mol. The van der Waals surface area contributed by atoms with Gasteiger partial charge in [0.15, 0.2) is 0 Å². The van der Waals surface area contributed by atoms with Crippen molar-refractivity contribution >= 4 is 11.8 Å². The van der Waals surface area contributed by atoms with Crippen molar-refractivity contribution in [1.29, 1.82) is 0 Å². The summed E-state index contributed by atoms with van der Waals surface area (Å²) in [5, 5.41) is 2.80. The third-order valence-corrected chi connectivity index (χ3v) is 2.80. The van der Waals surface area contributed by atoms with Gasteiger partial charge >= 0.3 is 0 Å². The quantitative estimate of drug-likeness (QED) is 0.694. The Bertz CT molecular complexity index is 294. The van der Waals surface area contributed by atoms with Gasteiger partial charge in [-0.3, -0.25) is 9.59 Å². The van der Waals surface area contributed by atoms with Crippen molar-refractivity contribution in [3.8, 4) is 0 Å². The van der Waals surface area contributed by atoms with Crippen LogP contribution in [-0.4, -0.2) is 55.1 Å². The number of rotatable bonds is 5. The fraction of sp³-hybridized carbons (Fsp3) is 0.833. The lowest BCUT2D eigenvalue weighted by atomic mass is 10.1. The molecule has 1 saturated heterocycles. The van der Waals surface area contributed by atoms with Gasteiger partial charge in [-0.25, -0.2) is 0 Å². The van der Waals surface area contributed by atoms with Gasteiger partial charge in [0.1, 0.15) is 6.04 Å². The highest BCUT2D eigenvalue weighted by Crippen LogP contribution is 2.10. The Kier molecular flexibility index (Phi) is 6.07. The molecule has 0 spiro atoms. The second-order valence-corrected chi connectivity index (χ2v) is 4.65. The number of nitrogens with one attached hydrogen (secondary N) is 1. The zero-order valence-electron chi connectivity index (χ0n) is 11.1. The summed E-state index contributed by atoms with van der Waals surface area (Å²) in [5.41, 5.74) is 5.62. The number of hydrogen-bond donors (Lipinski definition) is 2. The van der Waals surface area contributed by atoms with Gasteiger partial charge in [0, 0.05) is 25.6 Å². The third kappa shape index (κ3) is 4.27. The van der Waals surface area contributed by atoms with Crippen molar-refractivity contribution < 1.29 is 14.3 Å². The van der Waals surface area contributed by atoms with Crippen molar-refractivity contribution in [3.63, 3.8) is 0 Å². The number of nitrogens with two attached hydrogens (primary N) is 1. The number of nitrogens with zero attached hydrogens (tertiary/aromatic N) is 1. The largest absolute Gasteiger partial charge is 0.377 e. The third-order valence-electron chi connectivity index (χ3n) is 2.80. The summed E-state index contributed by atoms with van der Waals surface area (Å²) in [6.07, 6.45) is 1.13. The molecule has 1 fully saturated rings.